The molecule has 1 heterocycles. The number of rotatable bonds is 2. The minimum Gasteiger partial charge on any atom is -0.368 e. The van der Waals surface area contributed by atoms with Crippen LogP contribution in [0.4, 0.5) is 11.9 Å². The number of nitrogens with two attached hydrogens (primary N) is 1. The van der Waals surface area contributed by atoms with E-state index in [9.17, 15) is 0 Å². The first kappa shape index (κ1) is 13.1. The second-order valence-electron chi connectivity index (χ2n) is 6.35. The Morgan fingerprint density at radius 3 is 2.44 bits per heavy atom. The fourth-order valence-corrected chi connectivity index (χ4v) is 2.31. The highest BCUT2D eigenvalue weighted by Crippen LogP contribution is 2.27. The number of nitrogens with one attached hydrogen (secondary N) is 1. The Morgan fingerprint density at radius 2 is 1.89 bits per heavy atom. The quantitative estimate of drug-likeness (QED) is 0.841. The third-order valence-electron chi connectivity index (χ3n) is 3.35. The summed E-state index contributed by atoms with van der Waals surface area (Å²) in [5.41, 5.74) is 5.64. The van der Waals surface area contributed by atoms with Gasteiger partial charge in [-0.15, -0.1) is 0 Å². The van der Waals surface area contributed by atoms with Gasteiger partial charge in [0.2, 0.25) is 11.9 Å². The lowest BCUT2D eigenvalue weighted by molar-refractivity contribution is 0.542. The van der Waals surface area contributed by atoms with E-state index in [-0.39, 0.29) is 5.41 Å². The summed E-state index contributed by atoms with van der Waals surface area (Å²) in [5, 5.41) is 3.38. The lowest BCUT2D eigenvalue weighted by Gasteiger charge is -2.19. The minimum absolute atomic E-state index is 0.115. The average molecular weight is 249 g/mol. The normalized spacial score (nSPS) is 24.2. The smallest absolute Gasteiger partial charge is 0.227 e. The van der Waals surface area contributed by atoms with Crippen molar-refractivity contribution < 1.29 is 0 Å². The highest BCUT2D eigenvalue weighted by atomic mass is 15.2. The molecule has 18 heavy (non-hydrogen) atoms. The monoisotopic (exact) mass is 249 g/mol. The number of nitrogens with zero attached hydrogens (tertiary/aromatic N) is 3. The molecule has 1 aliphatic carbocycles. The number of nitrogen functional groups attached to an aromatic ring is 1. The summed E-state index contributed by atoms with van der Waals surface area (Å²) in [6.45, 7) is 8.50. The molecule has 0 saturated heterocycles. The Morgan fingerprint density at radius 1 is 1.17 bits per heavy atom. The van der Waals surface area contributed by atoms with Crippen LogP contribution < -0.4 is 11.1 Å². The molecule has 100 valence electrons. The molecule has 0 bridgehead atoms. The van der Waals surface area contributed by atoms with E-state index in [1.807, 2.05) is 0 Å². The van der Waals surface area contributed by atoms with Crippen molar-refractivity contribution in [2.45, 2.75) is 58.4 Å². The molecule has 1 aromatic rings. The van der Waals surface area contributed by atoms with Crippen LogP contribution in [0.25, 0.3) is 0 Å². The zero-order valence-electron chi connectivity index (χ0n) is 11.7. The largest absolute Gasteiger partial charge is 0.368 e. The molecule has 2 unspecified atom stereocenters. The maximum atomic E-state index is 5.76. The minimum atomic E-state index is -0.115. The van der Waals surface area contributed by atoms with Crippen LogP contribution in [-0.4, -0.2) is 21.0 Å². The van der Waals surface area contributed by atoms with Crippen molar-refractivity contribution in [3.8, 4) is 0 Å². The molecular weight excluding hydrogens is 226 g/mol. The van der Waals surface area contributed by atoms with Crippen molar-refractivity contribution in [2.24, 2.45) is 5.92 Å². The molecule has 2 rings (SSSR count). The van der Waals surface area contributed by atoms with Gasteiger partial charge in [0.25, 0.3) is 0 Å². The van der Waals surface area contributed by atoms with Gasteiger partial charge in [-0.3, -0.25) is 0 Å². The zero-order valence-corrected chi connectivity index (χ0v) is 11.7. The molecule has 0 spiro atoms. The fraction of sp³-hybridized carbons (Fsp3) is 0.769. The third-order valence-corrected chi connectivity index (χ3v) is 3.35. The molecule has 0 radical (unpaired) electrons. The SMILES string of the molecule is CC1CCC(Nc2nc(N)nc(C(C)(C)C)n2)C1. The zero-order chi connectivity index (χ0) is 13.3. The van der Waals surface area contributed by atoms with E-state index in [0.717, 1.165) is 11.7 Å². The molecule has 1 saturated carbocycles. The van der Waals surface area contributed by atoms with Crippen LogP contribution >= 0.6 is 0 Å². The summed E-state index contributed by atoms with van der Waals surface area (Å²) in [5.74, 6) is 2.43. The summed E-state index contributed by atoms with van der Waals surface area (Å²) >= 11 is 0. The van der Waals surface area contributed by atoms with Gasteiger partial charge in [-0.25, -0.2) is 0 Å². The Bertz CT molecular complexity index is 424. The van der Waals surface area contributed by atoms with E-state index in [4.69, 9.17) is 5.73 Å². The van der Waals surface area contributed by atoms with Crippen LogP contribution in [0.2, 0.25) is 0 Å². The van der Waals surface area contributed by atoms with Crippen LogP contribution in [-0.2, 0) is 5.41 Å². The summed E-state index contributed by atoms with van der Waals surface area (Å²) in [7, 11) is 0. The van der Waals surface area contributed by atoms with Gasteiger partial charge >= 0.3 is 0 Å². The number of aromatic nitrogens is 3. The lowest BCUT2D eigenvalue weighted by Crippen LogP contribution is -2.22. The Labute approximate surface area is 109 Å². The molecule has 2 atom stereocenters. The van der Waals surface area contributed by atoms with Crippen molar-refractivity contribution in [2.75, 3.05) is 11.1 Å². The predicted molar refractivity (Wildman–Crippen MR) is 73.4 cm³/mol. The summed E-state index contributed by atoms with van der Waals surface area (Å²) in [6, 6.07) is 0.467. The van der Waals surface area contributed by atoms with Gasteiger partial charge in [0.1, 0.15) is 5.82 Å². The number of hydrogen-bond acceptors (Lipinski definition) is 5. The Kier molecular flexibility index (Phi) is 3.41. The molecule has 3 N–H and O–H groups in total. The highest BCUT2D eigenvalue weighted by Gasteiger charge is 2.23. The molecule has 1 aromatic heterocycles. The van der Waals surface area contributed by atoms with E-state index < -0.39 is 0 Å². The molecule has 1 fully saturated rings. The second kappa shape index (κ2) is 4.71. The number of hydrogen-bond donors (Lipinski definition) is 2. The standard InChI is InChI=1S/C13H23N5/c1-8-5-6-9(7-8)15-12-17-10(13(2,3)4)16-11(14)18-12/h8-9H,5-7H2,1-4H3,(H3,14,15,16,17,18). The Balaban J connectivity index is 2.15. The van der Waals surface area contributed by atoms with Gasteiger partial charge in [0, 0.05) is 11.5 Å². The Hall–Kier alpha value is -1.39. The molecule has 5 heteroatoms. The van der Waals surface area contributed by atoms with Gasteiger partial charge in [-0.2, -0.15) is 15.0 Å². The van der Waals surface area contributed by atoms with E-state index in [1.165, 1.54) is 19.3 Å². The maximum absolute atomic E-state index is 5.76. The van der Waals surface area contributed by atoms with Crippen LogP contribution in [0.1, 0.15) is 52.8 Å². The fourth-order valence-electron chi connectivity index (χ4n) is 2.31. The van der Waals surface area contributed by atoms with Crippen LogP contribution in [0.3, 0.4) is 0 Å². The molecule has 1 aliphatic rings. The summed E-state index contributed by atoms with van der Waals surface area (Å²) < 4.78 is 0. The van der Waals surface area contributed by atoms with E-state index in [1.54, 1.807) is 0 Å². The first-order valence-corrected chi connectivity index (χ1v) is 6.63. The number of anilines is 2. The van der Waals surface area contributed by atoms with Gasteiger partial charge in [0.15, 0.2) is 0 Å². The van der Waals surface area contributed by atoms with E-state index in [0.29, 0.717) is 17.9 Å². The molecule has 5 nitrogen and oxygen atoms in total. The van der Waals surface area contributed by atoms with Crippen molar-refractivity contribution in [1.82, 2.24) is 15.0 Å². The topological polar surface area (TPSA) is 76.7 Å². The summed E-state index contributed by atoms with van der Waals surface area (Å²) in [6.07, 6.45) is 3.62. The third kappa shape index (κ3) is 3.09. The molecular formula is C13H23N5. The molecule has 0 aromatic carbocycles. The van der Waals surface area contributed by atoms with Gasteiger partial charge in [-0.1, -0.05) is 27.7 Å². The van der Waals surface area contributed by atoms with Crippen molar-refractivity contribution in [3.63, 3.8) is 0 Å². The molecule has 0 aliphatic heterocycles. The predicted octanol–water partition coefficient (Wildman–Crippen LogP) is 2.35. The maximum Gasteiger partial charge on any atom is 0.227 e. The van der Waals surface area contributed by atoms with E-state index >= 15 is 0 Å². The summed E-state index contributed by atoms with van der Waals surface area (Å²) in [4.78, 5) is 12.9. The van der Waals surface area contributed by atoms with Gasteiger partial charge in [-0.05, 0) is 25.2 Å². The van der Waals surface area contributed by atoms with Crippen molar-refractivity contribution in [3.05, 3.63) is 5.82 Å². The van der Waals surface area contributed by atoms with Crippen LogP contribution in [0.15, 0.2) is 0 Å². The van der Waals surface area contributed by atoms with Crippen molar-refractivity contribution >= 4 is 11.9 Å². The van der Waals surface area contributed by atoms with E-state index in [2.05, 4.69) is 48.0 Å². The van der Waals surface area contributed by atoms with Crippen LogP contribution in [0, 0.1) is 5.92 Å². The van der Waals surface area contributed by atoms with Gasteiger partial charge in [0.05, 0.1) is 0 Å². The average Bonchev–Trinajstić information content (AvgIpc) is 2.61. The van der Waals surface area contributed by atoms with Crippen LogP contribution in [0.5, 0.6) is 0 Å². The lowest BCUT2D eigenvalue weighted by atomic mass is 9.96. The van der Waals surface area contributed by atoms with Gasteiger partial charge < -0.3 is 11.1 Å². The second-order valence-corrected chi connectivity index (χ2v) is 6.35. The molecule has 0 amide bonds. The highest BCUT2D eigenvalue weighted by molar-refractivity contribution is 5.33. The first-order chi connectivity index (χ1) is 8.34. The first-order valence-electron chi connectivity index (χ1n) is 6.63. The van der Waals surface area contributed by atoms with Crippen molar-refractivity contribution in [1.29, 1.82) is 0 Å².